The monoisotopic (exact) mass is 585 g/mol. The first-order valence-corrected chi connectivity index (χ1v) is 12.0. The van der Waals surface area contributed by atoms with Crippen LogP contribution in [-0.2, 0) is 18.3 Å². The van der Waals surface area contributed by atoms with Gasteiger partial charge in [-0.25, -0.2) is 4.79 Å². The highest BCUT2D eigenvalue weighted by molar-refractivity contribution is 14.1. The van der Waals surface area contributed by atoms with E-state index < -0.39 is 29.9 Å². The lowest BCUT2D eigenvalue weighted by molar-refractivity contribution is 0.0965. The summed E-state index contributed by atoms with van der Waals surface area (Å²) in [5, 5.41) is 2.34. The van der Waals surface area contributed by atoms with Gasteiger partial charge in [-0.2, -0.15) is 0 Å². The van der Waals surface area contributed by atoms with Gasteiger partial charge in [-0.05, 0) is 48.6 Å². The minimum atomic E-state index is -3.86. The van der Waals surface area contributed by atoms with Gasteiger partial charge in [0, 0.05) is 15.6 Å². The lowest BCUT2D eigenvalue weighted by Gasteiger charge is -2.26. The van der Waals surface area contributed by atoms with Gasteiger partial charge in [0.2, 0.25) is 3.79 Å². The summed E-state index contributed by atoms with van der Waals surface area (Å²) in [6.45, 7) is 2.80. The van der Waals surface area contributed by atoms with E-state index in [0.29, 0.717) is 5.56 Å². The van der Waals surface area contributed by atoms with Crippen molar-refractivity contribution in [1.29, 1.82) is 0 Å². The molecule has 1 amide bonds. The number of hydrogen-bond acceptors (Lipinski definition) is 6. The Morgan fingerprint density at radius 2 is 1.68 bits per heavy atom. The Balaban J connectivity index is 3.02. The molecule has 1 rings (SSSR count). The topological polar surface area (TPSA) is 90.9 Å². The second-order valence-corrected chi connectivity index (χ2v) is 11.3. The number of alkyl carbamates (subject to hydrolysis) is 1. The molecule has 0 saturated heterocycles. The fraction of sp³-hybridized carbons (Fsp3) is 0.500. The molecule has 0 aliphatic carbocycles. The number of Topliss-reactive ketones (excluding diaryl/α,β-unsaturated/α-hetero) is 1. The van der Waals surface area contributed by atoms with Gasteiger partial charge in [-0.3, -0.25) is 9.36 Å². The van der Waals surface area contributed by atoms with Crippen molar-refractivity contribution in [2.24, 2.45) is 0 Å². The molecule has 1 aromatic rings. The third kappa shape index (κ3) is 9.15. The molecule has 0 spiro atoms. The highest BCUT2D eigenvalue weighted by atomic mass is 127. The lowest BCUT2D eigenvalue weighted by atomic mass is 10.1. The number of benzene rings is 1. The van der Waals surface area contributed by atoms with Crippen molar-refractivity contribution in [3.8, 4) is 0 Å². The molecule has 0 unspecified atom stereocenters. The van der Waals surface area contributed by atoms with Crippen LogP contribution in [-0.4, -0.2) is 41.3 Å². The zero-order chi connectivity index (χ0) is 21.4. The minimum Gasteiger partial charge on any atom is -0.445 e. The number of ether oxygens (including phenoxy) is 1. The molecule has 0 saturated carbocycles. The van der Waals surface area contributed by atoms with Crippen LogP contribution in [0, 0.1) is 3.57 Å². The zero-order valence-corrected chi connectivity index (χ0v) is 20.4. The molecule has 12 heteroatoms. The van der Waals surface area contributed by atoms with E-state index in [1.807, 2.05) is 0 Å². The maximum atomic E-state index is 13.1. The Morgan fingerprint density at radius 3 is 2.14 bits per heavy atom. The third-order valence-electron chi connectivity index (χ3n) is 3.20. The second-order valence-electron chi connectivity index (χ2n) is 5.36. The zero-order valence-electron chi connectivity index (χ0n) is 15.1. The summed E-state index contributed by atoms with van der Waals surface area (Å²) in [7, 11) is -3.86. The quantitative estimate of drug-likeness (QED) is 0.167. The molecule has 0 fully saturated rings. The Bertz CT molecular complexity index is 703. The van der Waals surface area contributed by atoms with E-state index in [-0.39, 0.29) is 25.4 Å². The van der Waals surface area contributed by atoms with Crippen molar-refractivity contribution in [3.05, 3.63) is 33.4 Å². The van der Waals surface area contributed by atoms with Crippen LogP contribution in [0.15, 0.2) is 24.3 Å². The van der Waals surface area contributed by atoms with Crippen LogP contribution in [0.3, 0.4) is 0 Å². The maximum absolute atomic E-state index is 13.1. The molecule has 1 N–H and O–H groups in total. The highest BCUT2D eigenvalue weighted by Crippen LogP contribution is 2.53. The standard InChI is InChI=1S/C16H20Cl3INO6P/c1-3-26-28(24,27-4-2)14(21-15(23)25-10-16(17,18)19)9-13(22)11-5-7-12(20)8-6-11/h5-8,14H,3-4,9-10H2,1-2H3,(H,21,23)/t14-/m1/s1. The molecule has 0 aliphatic heterocycles. The van der Waals surface area contributed by atoms with Crippen molar-refractivity contribution >= 4 is 76.9 Å². The first kappa shape index (κ1) is 25.9. The van der Waals surface area contributed by atoms with Crippen molar-refractivity contribution in [3.63, 3.8) is 0 Å². The normalized spacial score (nSPS) is 13.1. The van der Waals surface area contributed by atoms with E-state index in [0.717, 1.165) is 3.57 Å². The molecule has 28 heavy (non-hydrogen) atoms. The average Bonchev–Trinajstić information content (AvgIpc) is 2.59. The van der Waals surface area contributed by atoms with E-state index in [9.17, 15) is 14.2 Å². The Labute approximate surface area is 192 Å². The van der Waals surface area contributed by atoms with Gasteiger partial charge in [-0.1, -0.05) is 46.9 Å². The summed E-state index contributed by atoms with van der Waals surface area (Å²) in [5.41, 5.74) is 0.390. The van der Waals surface area contributed by atoms with Crippen molar-refractivity contribution in [2.75, 3.05) is 19.8 Å². The number of rotatable bonds is 10. The number of nitrogens with one attached hydrogen (secondary N) is 1. The van der Waals surface area contributed by atoms with Crippen LogP contribution >= 0.6 is 65.0 Å². The highest BCUT2D eigenvalue weighted by Gasteiger charge is 2.39. The number of carbonyl (C=O) groups is 2. The van der Waals surface area contributed by atoms with Gasteiger partial charge in [0.1, 0.15) is 12.4 Å². The first-order chi connectivity index (χ1) is 13.0. The Hall–Kier alpha value is -0.0900. The second kappa shape index (κ2) is 11.9. The van der Waals surface area contributed by atoms with E-state index >= 15 is 0 Å². The molecular weight excluding hydrogens is 566 g/mol. The molecule has 1 aromatic carbocycles. The summed E-state index contributed by atoms with van der Waals surface area (Å²) in [6.07, 6.45) is -1.35. The van der Waals surface area contributed by atoms with E-state index in [1.54, 1.807) is 38.1 Å². The number of hydrogen-bond donors (Lipinski definition) is 1. The molecule has 0 heterocycles. The van der Waals surface area contributed by atoms with Gasteiger partial charge in [0.15, 0.2) is 5.78 Å². The smallest absolute Gasteiger partial charge is 0.408 e. The van der Waals surface area contributed by atoms with Crippen LogP contribution < -0.4 is 5.32 Å². The van der Waals surface area contributed by atoms with Crippen molar-refractivity contribution in [1.82, 2.24) is 5.32 Å². The Kier molecular flexibility index (Phi) is 11.1. The summed E-state index contributed by atoms with van der Waals surface area (Å²) in [4.78, 5) is 24.7. The molecule has 1 atom stereocenters. The lowest BCUT2D eigenvalue weighted by Crippen LogP contribution is -2.39. The fourth-order valence-electron chi connectivity index (χ4n) is 2.07. The van der Waals surface area contributed by atoms with Crippen LogP contribution in [0.4, 0.5) is 4.79 Å². The van der Waals surface area contributed by atoms with E-state index in [2.05, 4.69) is 27.9 Å². The number of carbonyl (C=O) groups excluding carboxylic acids is 2. The van der Waals surface area contributed by atoms with E-state index in [1.165, 1.54) is 0 Å². The third-order valence-corrected chi connectivity index (χ3v) is 6.55. The first-order valence-electron chi connectivity index (χ1n) is 8.18. The summed E-state index contributed by atoms with van der Waals surface area (Å²) < 4.78 is 27.6. The van der Waals surface area contributed by atoms with Crippen molar-refractivity contribution < 1.29 is 27.9 Å². The van der Waals surface area contributed by atoms with Crippen LogP contribution in [0.5, 0.6) is 0 Å². The van der Waals surface area contributed by atoms with Gasteiger partial charge >= 0.3 is 13.7 Å². The molecular formula is C16H20Cl3INO6P. The van der Waals surface area contributed by atoms with Gasteiger partial charge in [0.25, 0.3) is 0 Å². The number of amides is 1. The van der Waals surface area contributed by atoms with Crippen LogP contribution in [0.2, 0.25) is 0 Å². The molecule has 0 radical (unpaired) electrons. The van der Waals surface area contributed by atoms with Gasteiger partial charge in [0.05, 0.1) is 13.2 Å². The summed E-state index contributed by atoms with van der Waals surface area (Å²) >= 11 is 18.8. The number of alkyl halides is 3. The molecule has 0 aliphatic rings. The molecule has 0 aromatic heterocycles. The fourth-order valence-corrected chi connectivity index (χ4v) is 4.40. The molecule has 7 nitrogen and oxygen atoms in total. The molecule has 0 bridgehead atoms. The maximum Gasteiger partial charge on any atom is 0.408 e. The van der Waals surface area contributed by atoms with Crippen LogP contribution in [0.1, 0.15) is 30.6 Å². The minimum absolute atomic E-state index is 0.0520. The summed E-state index contributed by atoms with van der Waals surface area (Å²) in [5.74, 6) is -1.63. The Morgan fingerprint density at radius 1 is 1.14 bits per heavy atom. The summed E-state index contributed by atoms with van der Waals surface area (Å²) in [6, 6.07) is 6.79. The number of halogens is 4. The number of ketones is 1. The largest absolute Gasteiger partial charge is 0.445 e. The SMILES string of the molecule is CCOP(=O)(OCC)[C@H](CC(=O)c1ccc(I)cc1)NC(=O)OCC(Cl)(Cl)Cl. The predicted molar refractivity (Wildman–Crippen MR) is 118 cm³/mol. The van der Waals surface area contributed by atoms with Gasteiger partial charge in [-0.15, -0.1) is 0 Å². The predicted octanol–water partition coefficient (Wildman–Crippen LogP) is 5.55. The van der Waals surface area contributed by atoms with Crippen LogP contribution in [0.25, 0.3) is 0 Å². The van der Waals surface area contributed by atoms with E-state index in [4.69, 9.17) is 48.6 Å². The molecule has 158 valence electrons. The van der Waals surface area contributed by atoms with Gasteiger partial charge < -0.3 is 19.1 Å². The van der Waals surface area contributed by atoms with Crippen molar-refractivity contribution in [2.45, 2.75) is 29.8 Å². The average molecular weight is 587 g/mol.